The van der Waals surface area contributed by atoms with Crippen LogP contribution in [0.5, 0.6) is 17.2 Å². The fraction of sp³-hybridized carbons (Fsp3) is 0.278. The van der Waals surface area contributed by atoms with Crippen molar-refractivity contribution in [2.45, 2.75) is 12.8 Å². The van der Waals surface area contributed by atoms with Gasteiger partial charge in [-0.05, 0) is 24.1 Å². The monoisotopic (exact) mass is 338 g/mol. The molecule has 7 heteroatoms. The first-order chi connectivity index (χ1) is 12.2. The van der Waals surface area contributed by atoms with Gasteiger partial charge in [-0.2, -0.15) is 9.78 Å². The Balaban J connectivity index is 1.78. The van der Waals surface area contributed by atoms with E-state index in [4.69, 9.17) is 19.3 Å². The first-order valence-electron chi connectivity index (χ1n) is 7.93. The Morgan fingerprint density at radius 2 is 1.76 bits per heavy atom. The predicted molar refractivity (Wildman–Crippen MR) is 93.5 cm³/mol. The third-order valence-corrected chi connectivity index (χ3v) is 4.32. The van der Waals surface area contributed by atoms with E-state index in [1.807, 2.05) is 12.1 Å². The number of rotatable bonds is 5. The topological polar surface area (TPSA) is 70.8 Å². The van der Waals surface area contributed by atoms with Crippen molar-refractivity contribution in [1.82, 2.24) is 14.9 Å². The van der Waals surface area contributed by atoms with Crippen LogP contribution >= 0.6 is 0 Å². The lowest BCUT2D eigenvalue weighted by molar-refractivity contribution is 0.324. The number of ether oxygens (including phenoxy) is 3. The maximum absolute atomic E-state index is 5.42. The highest BCUT2D eigenvalue weighted by molar-refractivity contribution is 6.03. The standard InChI is InChI=1S/C18H18N4O3/c1-23-14-8-12(9-15(24-2)17(14)25-3)18-20-19-16-10-13(21-22(16)18)11-6-4-5-7-11/h4-6,8-9H,7,10H2,1-3H3. The normalized spacial score (nSPS) is 15.0. The van der Waals surface area contributed by atoms with Crippen LogP contribution in [0.1, 0.15) is 12.2 Å². The van der Waals surface area contributed by atoms with Gasteiger partial charge in [0.2, 0.25) is 5.75 Å². The summed E-state index contributed by atoms with van der Waals surface area (Å²) in [7, 11) is 4.75. The minimum absolute atomic E-state index is 0.543. The molecule has 0 radical (unpaired) electrons. The van der Waals surface area contributed by atoms with Crippen LogP contribution in [0.3, 0.4) is 0 Å². The van der Waals surface area contributed by atoms with Gasteiger partial charge in [0.25, 0.3) is 0 Å². The van der Waals surface area contributed by atoms with E-state index in [1.165, 1.54) is 5.57 Å². The molecule has 25 heavy (non-hydrogen) atoms. The Morgan fingerprint density at radius 1 is 1.00 bits per heavy atom. The van der Waals surface area contributed by atoms with E-state index in [-0.39, 0.29) is 0 Å². The number of fused-ring (bicyclic) bond motifs is 1. The molecule has 1 aliphatic carbocycles. The molecule has 0 unspecified atom stereocenters. The number of nitrogens with zero attached hydrogens (tertiary/aromatic N) is 4. The Kier molecular flexibility index (Phi) is 3.76. The Morgan fingerprint density at radius 3 is 2.36 bits per heavy atom. The molecule has 0 bridgehead atoms. The molecule has 0 atom stereocenters. The van der Waals surface area contributed by atoms with Crippen molar-refractivity contribution in [1.29, 1.82) is 0 Å². The molecule has 7 nitrogen and oxygen atoms in total. The molecule has 0 N–H and O–H groups in total. The first-order valence-corrected chi connectivity index (χ1v) is 7.93. The zero-order valence-electron chi connectivity index (χ0n) is 14.3. The molecule has 0 amide bonds. The van der Waals surface area contributed by atoms with Gasteiger partial charge in [0, 0.05) is 5.56 Å². The van der Waals surface area contributed by atoms with E-state index >= 15 is 0 Å². The van der Waals surface area contributed by atoms with Gasteiger partial charge in [0.15, 0.2) is 23.1 Å². The lowest BCUT2D eigenvalue weighted by Crippen LogP contribution is -2.01. The van der Waals surface area contributed by atoms with Crippen molar-refractivity contribution in [2.24, 2.45) is 5.10 Å². The molecule has 2 aliphatic rings. The van der Waals surface area contributed by atoms with Gasteiger partial charge in [0.1, 0.15) is 0 Å². The second-order valence-electron chi connectivity index (χ2n) is 5.71. The highest BCUT2D eigenvalue weighted by atomic mass is 16.5. The van der Waals surface area contributed by atoms with E-state index in [0.29, 0.717) is 29.5 Å². The number of aromatic nitrogens is 3. The van der Waals surface area contributed by atoms with Crippen LogP contribution in [0.2, 0.25) is 0 Å². The van der Waals surface area contributed by atoms with E-state index in [0.717, 1.165) is 23.5 Å². The van der Waals surface area contributed by atoms with E-state index in [1.54, 1.807) is 26.0 Å². The number of allylic oxidation sites excluding steroid dienone is 4. The highest BCUT2D eigenvalue weighted by Gasteiger charge is 2.25. The van der Waals surface area contributed by atoms with Crippen molar-refractivity contribution in [3.63, 3.8) is 0 Å². The number of hydrogen-bond donors (Lipinski definition) is 0. The van der Waals surface area contributed by atoms with Crippen LogP contribution in [0.15, 0.2) is 41.0 Å². The van der Waals surface area contributed by atoms with Gasteiger partial charge in [0.05, 0.1) is 33.5 Å². The third-order valence-electron chi connectivity index (χ3n) is 4.32. The van der Waals surface area contributed by atoms with Crippen LogP contribution < -0.4 is 14.2 Å². The molecule has 0 spiro atoms. The zero-order valence-corrected chi connectivity index (χ0v) is 14.3. The number of hydrogen-bond acceptors (Lipinski definition) is 6. The molecule has 2 aromatic rings. The number of benzene rings is 1. The smallest absolute Gasteiger partial charge is 0.203 e. The van der Waals surface area contributed by atoms with Crippen molar-refractivity contribution < 1.29 is 14.2 Å². The van der Waals surface area contributed by atoms with Crippen molar-refractivity contribution in [2.75, 3.05) is 21.3 Å². The fourth-order valence-electron chi connectivity index (χ4n) is 3.06. The van der Waals surface area contributed by atoms with Crippen molar-refractivity contribution in [3.8, 4) is 28.6 Å². The summed E-state index contributed by atoms with van der Waals surface area (Å²) in [6.07, 6.45) is 7.87. The molecule has 0 fully saturated rings. The molecule has 0 saturated carbocycles. The quantitative estimate of drug-likeness (QED) is 0.838. The van der Waals surface area contributed by atoms with Gasteiger partial charge >= 0.3 is 0 Å². The van der Waals surface area contributed by atoms with Crippen molar-refractivity contribution in [3.05, 3.63) is 41.8 Å². The average Bonchev–Trinajstić information content (AvgIpc) is 3.36. The SMILES string of the molecule is COc1cc(-c2nnc3n2N=C(C2=CC=CC2)C3)cc(OC)c1OC. The van der Waals surface area contributed by atoms with Crippen LogP contribution in [-0.4, -0.2) is 41.9 Å². The largest absolute Gasteiger partial charge is 0.493 e. The summed E-state index contributed by atoms with van der Waals surface area (Å²) >= 11 is 0. The summed E-state index contributed by atoms with van der Waals surface area (Å²) in [5.41, 5.74) is 3.06. The maximum atomic E-state index is 5.42. The van der Waals surface area contributed by atoms with Crippen LogP contribution in [0.4, 0.5) is 0 Å². The molecular formula is C18H18N4O3. The highest BCUT2D eigenvalue weighted by Crippen LogP contribution is 2.41. The van der Waals surface area contributed by atoms with E-state index in [2.05, 4.69) is 28.4 Å². The van der Waals surface area contributed by atoms with Crippen LogP contribution in [-0.2, 0) is 6.42 Å². The van der Waals surface area contributed by atoms with Gasteiger partial charge < -0.3 is 14.2 Å². The van der Waals surface area contributed by atoms with Gasteiger partial charge in [-0.3, -0.25) is 0 Å². The van der Waals surface area contributed by atoms with E-state index in [9.17, 15) is 0 Å². The lowest BCUT2D eigenvalue weighted by Gasteiger charge is -2.13. The summed E-state index contributed by atoms with van der Waals surface area (Å²) in [6.45, 7) is 0. The third kappa shape index (κ3) is 2.48. The van der Waals surface area contributed by atoms with Crippen LogP contribution in [0.25, 0.3) is 11.4 Å². The van der Waals surface area contributed by atoms with Crippen molar-refractivity contribution >= 4 is 5.71 Å². The van der Waals surface area contributed by atoms with E-state index < -0.39 is 0 Å². The Bertz CT molecular complexity index is 899. The van der Waals surface area contributed by atoms with Gasteiger partial charge in [-0.1, -0.05) is 18.2 Å². The zero-order chi connectivity index (χ0) is 17.4. The molecule has 4 rings (SSSR count). The molecule has 0 saturated heterocycles. The summed E-state index contributed by atoms with van der Waals surface area (Å²) in [4.78, 5) is 0. The molecule has 1 aromatic heterocycles. The molecule has 2 heterocycles. The second kappa shape index (κ2) is 6.08. The van der Waals surface area contributed by atoms with Gasteiger partial charge in [-0.25, -0.2) is 0 Å². The first kappa shape index (κ1) is 15.4. The summed E-state index contributed by atoms with van der Waals surface area (Å²) in [5.74, 6) is 3.15. The lowest BCUT2D eigenvalue weighted by atomic mass is 10.1. The Hall–Kier alpha value is -3.09. The molecule has 128 valence electrons. The molecule has 1 aromatic carbocycles. The number of methoxy groups -OCH3 is 3. The minimum Gasteiger partial charge on any atom is -0.493 e. The van der Waals surface area contributed by atoms with Crippen LogP contribution in [0, 0.1) is 0 Å². The minimum atomic E-state index is 0.543. The van der Waals surface area contributed by atoms with Gasteiger partial charge in [-0.15, -0.1) is 10.2 Å². The summed E-state index contributed by atoms with van der Waals surface area (Å²) in [6, 6.07) is 3.70. The predicted octanol–water partition coefficient (Wildman–Crippen LogP) is 2.62. The Labute approximate surface area is 145 Å². The maximum Gasteiger partial charge on any atom is 0.203 e. The summed E-state index contributed by atoms with van der Waals surface area (Å²) < 4.78 is 18.0. The summed E-state index contributed by atoms with van der Waals surface area (Å²) in [5, 5.41) is 13.3. The second-order valence-corrected chi connectivity index (χ2v) is 5.71. The molecular weight excluding hydrogens is 320 g/mol. The molecule has 1 aliphatic heterocycles. The average molecular weight is 338 g/mol. The fourth-order valence-corrected chi connectivity index (χ4v) is 3.06.